The number of nitrogens with zero attached hydrogens (tertiary/aromatic N) is 4. The molecule has 8 heteroatoms. The number of nitrogens with one attached hydrogen (secondary N) is 1. The normalized spacial score (nSPS) is 13.2. The van der Waals surface area contributed by atoms with E-state index < -0.39 is 5.91 Å². The minimum absolute atomic E-state index is 0.0953. The first-order valence-corrected chi connectivity index (χ1v) is 11.0. The molecule has 3 aromatic rings. The molecule has 0 atom stereocenters. The van der Waals surface area contributed by atoms with Gasteiger partial charge in [0.1, 0.15) is 5.69 Å². The molecule has 1 aromatic heterocycles. The highest BCUT2D eigenvalue weighted by Crippen LogP contribution is 2.17. The van der Waals surface area contributed by atoms with Gasteiger partial charge in [-0.25, -0.2) is 0 Å². The summed E-state index contributed by atoms with van der Waals surface area (Å²) < 4.78 is 1.60. The van der Waals surface area contributed by atoms with Crippen molar-refractivity contribution < 1.29 is 14.4 Å². The Morgan fingerprint density at radius 1 is 1.00 bits per heavy atom. The lowest BCUT2D eigenvalue weighted by Crippen LogP contribution is -2.38. The van der Waals surface area contributed by atoms with Crippen LogP contribution in [0.3, 0.4) is 0 Å². The summed E-state index contributed by atoms with van der Waals surface area (Å²) in [6.07, 6.45) is 0.749. The second kappa shape index (κ2) is 10.1. The van der Waals surface area contributed by atoms with E-state index in [1.54, 1.807) is 16.6 Å². The van der Waals surface area contributed by atoms with Crippen molar-refractivity contribution in [2.24, 2.45) is 0 Å². The Hall–Kier alpha value is -3.94. The van der Waals surface area contributed by atoms with Gasteiger partial charge in [-0.05, 0) is 17.5 Å². The Morgan fingerprint density at radius 2 is 1.67 bits per heavy atom. The first kappa shape index (κ1) is 22.3. The Labute approximate surface area is 192 Å². The number of carbonyl (C=O) groups is 3. The average Bonchev–Trinajstić information content (AvgIpc) is 3.20. The van der Waals surface area contributed by atoms with Crippen LogP contribution in [0.25, 0.3) is 0 Å². The third-order valence-corrected chi connectivity index (χ3v) is 5.58. The molecule has 170 valence electrons. The molecule has 2 heterocycles. The number of likely N-dealkylation sites (N-methyl/N-ethyl adjacent to an activating group) is 1. The van der Waals surface area contributed by atoms with Gasteiger partial charge in [-0.15, -0.1) is 0 Å². The smallest absolute Gasteiger partial charge is 0.274 e. The maximum atomic E-state index is 13.1. The quantitative estimate of drug-likeness (QED) is 0.605. The topological polar surface area (TPSA) is 87.5 Å². The van der Waals surface area contributed by atoms with Crippen LogP contribution in [0.1, 0.15) is 38.5 Å². The van der Waals surface area contributed by atoms with Crippen LogP contribution in [0.5, 0.6) is 0 Å². The maximum Gasteiger partial charge on any atom is 0.274 e. The SMILES string of the molecule is CN(CC(=O)NCc1ccccc1)C(=O)c1cc2n(n1)CCCN(Cc1ccccc1)C2=O. The minimum atomic E-state index is -0.396. The van der Waals surface area contributed by atoms with Crippen LogP contribution in [0, 0.1) is 0 Å². The number of hydrogen-bond donors (Lipinski definition) is 1. The van der Waals surface area contributed by atoms with E-state index in [4.69, 9.17) is 0 Å². The second-order valence-corrected chi connectivity index (χ2v) is 8.13. The van der Waals surface area contributed by atoms with Crippen molar-refractivity contribution in [1.29, 1.82) is 0 Å². The highest BCUT2D eigenvalue weighted by Gasteiger charge is 2.27. The van der Waals surface area contributed by atoms with Gasteiger partial charge in [0.05, 0.1) is 6.54 Å². The molecule has 1 N–H and O–H groups in total. The van der Waals surface area contributed by atoms with E-state index in [0.29, 0.717) is 31.9 Å². The molecule has 1 aliphatic rings. The van der Waals surface area contributed by atoms with Crippen LogP contribution in [0.2, 0.25) is 0 Å². The molecule has 0 fully saturated rings. The van der Waals surface area contributed by atoms with Crippen molar-refractivity contribution in [2.75, 3.05) is 20.1 Å². The van der Waals surface area contributed by atoms with E-state index in [2.05, 4.69) is 10.4 Å². The van der Waals surface area contributed by atoms with E-state index >= 15 is 0 Å². The first-order chi connectivity index (χ1) is 16.0. The summed E-state index contributed by atoms with van der Waals surface area (Å²) in [4.78, 5) is 41.4. The molecule has 0 saturated carbocycles. The van der Waals surface area contributed by atoms with Crippen LogP contribution in [-0.4, -0.2) is 57.4 Å². The van der Waals surface area contributed by atoms with Crippen LogP contribution >= 0.6 is 0 Å². The number of carbonyl (C=O) groups excluding carboxylic acids is 3. The van der Waals surface area contributed by atoms with Crippen LogP contribution < -0.4 is 5.32 Å². The van der Waals surface area contributed by atoms with Gasteiger partial charge in [-0.1, -0.05) is 60.7 Å². The Bertz CT molecular complexity index is 1130. The summed E-state index contributed by atoms with van der Waals surface area (Å²) in [5.74, 6) is -0.806. The number of rotatable bonds is 7. The van der Waals surface area contributed by atoms with Gasteiger partial charge in [-0.3, -0.25) is 19.1 Å². The molecule has 0 radical (unpaired) electrons. The molecular weight excluding hydrogens is 418 g/mol. The molecule has 4 rings (SSSR count). The molecule has 0 aliphatic carbocycles. The van der Waals surface area contributed by atoms with Gasteiger partial charge in [0.25, 0.3) is 11.8 Å². The van der Waals surface area contributed by atoms with Crippen LogP contribution in [-0.2, 0) is 24.4 Å². The van der Waals surface area contributed by atoms with Gasteiger partial charge in [0.15, 0.2) is 5.69 Å². The zero-order chi connectivity index (χ0) is 23.2. The average molecular weight is 446 g/mol. The third kappa shape index (κ3) is 5.46. The summed E-state index contributed by atoms with van der Waals surface area (Å²) in [5.41, 5.74) is 2.60. The van der Waals surface area contributed by atoms with E-state index in [0.717, 1.165) is 17.5 Å². The number of aryl methyl sites for hydroxylation is 1. The molecule has 8 nitrogen and oxygen atoms in total. The van der Waals surface area contributed by atoms with Gasteiger partial charge < -0.3 is 15.1 Å². The fourth-order valence-electron chi connectivity index (χ4n) is 3.83. The predicted octanol–water partition coefficient (Wildman–Crippen LogP) is 2.32. The Morgan fingerprint density at radius 3 is 2.36 bits per heavy atom. The fraction of sp³-hybridized carbons (Fsp3) is 0.280. The van der Waals surface area contributed by atoms with Crippen molar-refractivity contribution in [3.63, 3.8) is 0 Å². The van der Waals surface area contributed by atoms with Crippen molar-refractivity contribution in [3.05, 3.63) is 89.2 Å². The zero-order valence-corrected chi connectivity index (χ0v) is 18.6. The second-order valence-electron chi connectivity index (χ2n) is 8.13. The third-order valence-electron chi connectivity index (χ3n) is 5.58. The molecule has 33 heavy (non-hydrogen) atoms. The van der Waals surface area contributed by atoms with E-state index in [-0.39, 0.29) is 24.1 Å². The summed E-state index contributed by atoms with van der Waals surface area (Å²) in [7, 11) is 1.55. The zero-order valence-electron chi connectivity index (χ0n) is 18.6. The largest absolute Gasteiger partial charge is 0.350 e. The fourth-order valence-corrected chi connectivity index (χ4v) is 3.83. The molecule has 3 amide bonds. The van der Waals surface area contributed by atoms with Gasteiger partial charge in [0, 0.05) is 39.3 Å². The Balaban J connectivity index is 1.39. The van der Waals surface area contributed by atoms with Crippen molar-refractivity contribution >= 4 is 17.7 Å². The van der Waals surface area contributed by atoms with E-state index in [1.807, 2.05) is 60.7 Å². The van der Waals surface area contributed by atoms with Gasteiger partial charge in [-0.2, -0.15) is 5.10 Å². The lowest BCUT2D eigenvalue weighted by Gasteiger charge is -2.20. The number of benzene rings is 2. The molecule has 0 saturated heterocycles. The van der Waals surface area contributed by atoms with Crippen molar-refractivity contribution in [2.45, 2.75) is 26.1 Å². The van der Waals surface area contributed by atoms with Crippen molar-refractivity contribution in [1.82, 2.24) is 24.9 Å². The lowest BCUT2D eigenvalue weighted by molar-refractivity contribution is -0.121. The number of fused-ring (bicyclic) bond motifs is 1. The van der Waals surface area contributed by atoms with Gasteiger partial charge in [0.2, 0.25) is 5.91 Å². The van der Waals surface area contributed by atoms with E-state index in [9.17, 15) is 14.4 Å². The van der Waals surface area contributed by atoms with Crippen molar-refractivity contribution in [3.8, 4) is 0 Å². The maximum absolute atomic E-state index is 13.1. The predicted molar refractivity (Wildman–Crippen MR) is 123 cm³/mol. The monoisotopic (exact) mass is 445 g/mol. The standard InChI is InChI=1S/C25H27N5O3/c1-28(18-23(31)26-16-19-9-4-2-5-10-19)24(32)21-15-22-25(33)29(13-8-14-30(22)27-21)17-20-11-6-3-7-12-20/h2-7,9-12,15H,8,13-14,16-18H2,1H3,(H,26,31). The van der Waals surface area contributed by atoms with Crippen LogP contribution in [0.15, 0.2) is 66.7 Å². The first-order valence-electron chi connectivity index (χ1n) is 11.0. The highest BCUT2D eigenvalue weighted by molar-refractivity contribution is 5.99. The van der Waals surface area contributed by atoms with Gasteiger partial charge >= 0.3 is 0 Å². The number of amides is 3. The van der Waals surface area contributed by atoms with Crippen LogP contribution in [0.4, 0.5) is 0 Å². The summed E-state index contributed by atoms with van der Waals surface area (Å²) in [6, 6.07) is 20.9. The minimum Gasteiger partial charge on any atom is -0.350 e. The number of aromatic nitrogens is 2. The summed E-state index contributed by atoms with van der Waals surface area (Å²) in [5, 5.41) is 7.18. The molecule has 0 unspecified atom stereocenters. The summed E-state index contributed by atoms with van der Waals surface area (Å²) >= 11 is 0. The molecule has 1 aliphatic heterocycles. The lowest BCUT2D eigenvalue weighted by atomic mass is 10.2. The summed E-state index contributed by atoms with van der Waals surface area (Å²) in [6.45, 7) is 1.99. The molecule has 2 aromatic carbocycles. The molecule has 0 spiro atoms. The highest BCUT2D eigenvalue weighted by atomic mass is 16.2. The molecule has 0 bridgehead atoms. The molecular formula is C25H27N5O3. The number of hydrogen-bond acceptors (Lipinski definition) is 4. The Kier molecular flexibility index (Phi) is 6.83. The van der Waals surface area contributed by atoms with E-state index in [1.165, 1.54) is 11.0 Å².